The van der Waals surface area contributed by atoms with E-state index in [4.69, 9.17) is 9.47 Å². The zero-order chi connectivity index (χ0) is 16.4. The summed E-state index contributed by atoms with van der Waals surface area (Å²) in [5.74, 6) is 2.79. The Bertz CT molecular complexity index is 372. The Labute approximate surface area is 146 Å². The molecule has 138 valence electrons. The molecule has 0 heterocycles. The number of aliphatic hydroxyl groups excluding tert-OH is 1. The Kier molecular flexibility index (Phi) is 5.47. The average molecular weight is 338 g/mol. The quantitative estimate of drug-likeness (QED) is 0.635. The Balaban J connectivity index is 1.09. The third-order valence-electron chi connectivity index (χ3n) is 6.93. The lowest BCUT2D eigenvalue weighted by atomic mass is 9.54. The van der Waals surface area contributed by atoms with E-state index in [1.807, 2.05) is 0 Å². The van der Waals surface area contributed by atoms with E-state index in [1.165, 1.54) is 64.2 Å². The van der Waals surface area contributed by atoms with Gasteiger partial charge in [-0.25, -0.2) is 0 Å². The number of nitrogens with one attached hydrogen (secondary N) is 1. The molecule has 4 heteroatoms. The van der Waals surface area contributed by atoms with Crippen molar-refractivity contribution in [3.8, 4) is 0 Å². The number of hydrogen-bond donors (Lipinski definition) is 2. The van der Waals surface area contributed by atoms with E-state index in [9.17, 15) is 5.11 Å². The van der Waals surface area contributed by atoms with Gasteiger partial charge in [0.1, 0.15) is 0 Å². The maximum atomic E-state index is 10.0. The van der Waals surface area contributed by atoms with Crippen LogP contribution < -0.4 is 5.32 Å². The van der Waals surface area contributed by atoms with Crippen LogP contribution in [0, 0.1) is 17.8 Å². The molecule has 0 aromatic rings. The normalized spacial score (nSPS) is 39.6. The van der Waals surface area contributed by atoms with E-state index >= 15 is 0 Å². The molecule has 5 aliphatic carbocycles. The molecule has 0 aromatic carbocycles. The number of aliphatic hydroxyl groups is 1. The van der Waals surface area contributed by atoms with Gasteiger partial charge in [0, 0.05) is 12.6 Å². The summed E-state index contributed by atoms with van der Waals surface area (Å²) in [5.41, 5.74) is 0.181. The van der Waals surface area contributed by atoms with Crippen LogP contribution >= 0.6 is 0 Å². The van der Waals surface area contributed by atoms with Crippen molar-refractivity contribution in [2.75, 3.05) is 26.4 Å². The molecule has 0 aromatic heterocycles. The van der Waals surface area contributed by atoms with Gasteiger partial charge < -0.3 is 19.9 Å². The molecular formula is C20H35NO3. The van der Waals surface area contributed by atoms with Crippen LogP contribution in [0.5, 0.6) is 0 Å². The van der Waals surface area contributed by atoms with Gasteiger partial charge in [-0.15, -0.1) is 0 Å². The fourth-order valence-electron chi connectivity index (χ4n) is 6.24. The first-order valence-electron chi connectivity index (χ1n) is 10.3. The van der Waals surface area contributed by atoms with E-state index in [2.05, 4.69) is 5.32 Å². The second-order valence-corrected chi connectivity index (χ2v) is 9.07. The molecule has 0 amide bonds. The second-order valence-electron chi connectivity index (χ2n) is 9.07. The highest BCUT2D eigenvalue weighted by atomic mass is 16.5. The zero-order valence-corrected chi connectivity index (χ0v) is 15.0. The summed E-state index contributed by atoms with van der Waals surface area (Å²) in [6.45, 7) is 2.38. The monoisotopic (exact) mass is 337 g/mol. The van der Waals surface area contributed by atoms with Crippen LogP contribution in [0.25, 0.3) is 0 Å². The van der Waals surface area contributed by atoms with Crippen molar-refractivity contribution in [1.82, 2.24) is 5.32 Å². The Morgan fingerprint density at radius 3 is 2.21 bits per heavy atom. The Morgan fingerprint density at radius 1 is 0.958 bits per heavy atom. The molecule has 4 nitrogen and oxygen atoms in total. The molecular weight excluding hydrogens is 302 g/mol. The first kappa shape index (κ1) is 17.3. The van der Waals surface area contributed by atoms with E-state index in [-0.39, 0.29) is 5.60 Å². The van der Waals surface area contributed by atoms with Crippen LogP contribution in [-0.4, -0.2) is 49.2 Å². The number of ether oxygens (including phenoxy) is 2. The third-order valence-corrected chi connectivity index (χ3v) is 6.93. The van der Waals surface area contributed by atoms with E-state index in [1.54, 1.807) is 0 Å². The summed E-state index contributed by atoms with van der Waals surface area (Å²) in [7, 11) is 0. The predicted octanol–water partition coefficient (Wildman–Crippen LogP) is 2.88. The first-order chi connectivity index (χ1) is 11.7. The van der Waals surface area contributed by atoms with Crippen molar-refractivity contribution in [2.45, 2.75) is 82.0 Å². The zero-order valence-electron chi connectivity index (χ0n) is 15.0. The molecule has 5 fully saturated rings. The van der Waals surface area contributed by atoms with Gasteiger partial charge in [0.05, 0.1) is 31.5 Å². The Morgan fingerprint density at radius 2 is 1.58 bits per heavy atom. The molecule has 24 heavy (non-hydrogen) atoms. The van der Waals surface area contributed by atoms with Crippen LogP contribution in [0.15, 0.2) is 0 Å². The second kappa shape index (κ2) is 7.61. The van der Waals surface area contributed by atoms with Gasteiger partial charge in [-0.05, 0) is 69.1 Å². The fraction of sp³-hybridized carbons (Fsp3) is 1.00. The van der Waals surface area contributed by atoms with Gasteiger partial charge in [0.25, 0.3) is 0 Å². The van der Waals surface area contributed by atoms with Crippen LogP contribution in [0.1, 0.15) is 64.2 Å². The van der Waals surface area contributed by atoms with Crippen molar-refractivity contribution < 1.29 is 14.6 Å². The maximum Gasteiger partial charge on any atom is 0.0897 e. The minimum Gasteiger partial charge on any atom is -0.389 e. The molecule has 5 aliphatic rings. The minimum absolute atomic E-state index is 0.181. The third kappa shape index (κ3) is 4.14. The topological polar surface area (TPSA) is 50.7 Å². The van der Waals surface area contributed by atoms with E-state index < -0.39 is 6.10 Å². The van der Waals surface area contributed by atoms with E-state index in [0.717, 1.165) is 17.8 Å². The molecule has 4 bridgehead atoms. The van der Waals surface area contributed by atoms with Gasteiger partial charge in [-0.1, -0.05) is 12.8 Å². The highest BCUT2D eigenvalue weighted by Gasteiger charge is 2.51. The van der Waals surface area contributed by atoms with Gasteiger partial charge in [0.15, 0.2) is 0 Å². The summed E-state index contributed by atoms with van der Waals surface area (Å²) in [6.07, 6.45) is 13.0. The molecule has 0 saturated heterocycles. The predicted molar refractivity (Wildman–Crippen MR) is 93.9 cm³/mol. The smallest absolute Gasteiger partial charge is 0.0897 e. The SMILES string of the molecule is OC(CNC1CCCC1)COCCOC12CC3CC(CC(C3)C1)C2. The number of rotatable bonds is 9. The van der Waals surface area contributed by atoms with Crippen LogP contribution in [-0.2, 0) is 9.47 Å². The largest absolute Gasteiger partial charge is 0.389 e. The summed E-state index contributed by atoms with van der Waals surface area (Å²) in [6, 6.07) is 0.610. The van der Waals surface area contributed by atoms with Crippen LogP contribution in [0.4, 0.5) is 0 Å². The van der Waals surface area contributed by atoms with Crippen molar-refractivity contribution in [1.29, 1.82) is 0 Å². The maximum absolute atomic E-state index is 10.0. The van der Waals surface area contributed by atoms with Crippen LogP contribution in [0.3, 0.4) is 0 Å². The highest BCUT2D eigenvalue weighted by Crippen LogP contribution is 2.57. The molecule has 2 N–H and O–H groups in total. The molecule has 0 radical (unpaired) electrons. The van der Waals surface area contributed by atoms with Gasteiger partial charge in [-0.2, -0.15) is 0 Å². The lowest BCUT2D eigenvalue weighted by Crippen LogP contribution is -2.52. The number of hydrogen-bond acceptors (Lipinski definition) is 4. The fourth-order valence-corrected chi connectivity index (χ4v) is 6.24. The molecule has 0 aliphatic heterocycles. The summed E-state index contributed by atoms with van der Waals surface area (Å²) >= 11 is 0. The average Bonchev–Trinajstić information content (AvgIpc) is 3.04. The van der Waals surface area contributed by atoms with Gasteiger partial charge in [0.2, 0.25) is 0 Å². The lowest BCUT2D eigenvalue weighted by Gasteiger charge is -2.56. The van der Waals surface area contributed by atoms with Crippen molar-refractivity contribution in [2.24, 2.45) is 17.8 Å². The first-order valence-corrected chi connectivity index (χ1v) is 10.3. The van der Waals surface area contributed by atoms with Crippen molar-refractivity contribution >= 4 is 0 Å². The van der Waals surface area contributed by atoms with Gasteiger partial charge in [-0.3, -0.25) is 0 Å². The molecule has 1 atom stereocenters. The summed E-state index contributed by atoms with van der Waals surface area (Å²) in [4.78, 5) is 0. The summed E-state index contributed by atoms with van der Waals surface area (Å²) in [5, 5.41) is 13.5. The lowest BCUT2D eigenvalue weighted by molar-refractivity contribution is -0.170. The Hall–Kier alpha value is -0.160. The molecule has 5 rings (SSSR count). The van der Waals surface area contributed by atoms with Crippen molar-refractivity contribution in [3.63, 3.8) is 0 Å². The summed E-state index contributed by atoms with van der Waals surface area (Å²) < 4.78 is 12.0. The van der Waals surface area contributed by atoms with Crippen molar-refractivity contribution in [3.05, 3.63) is 0 Å². The minimum atomic E-state index is -0.398. The van der Waals surface area contributed by atoms with E-state index in [0.29, 0.717) is 32.4 Å². The molecule has 0 spiro atoms. The molecule has 1 unspecified atom stereocenters. The van der Waals surface area contributed by atoms with Gasteiger partial charge >= 0.3 is 0 Å². The van der Waals surface area contributed by atoms with Crippen LogP contribution in [0.2, 0.25) is 0 Å². The standard InChI is InChI=1S/C20H35NO3/c22-19(13-21-18-3-1-2-4-18)14-23-5-6-24-20-10-15-7-16(11-20)9-17(8-15)12-20/h15-19,21-22H,1-14H2. The molecule has 5 saturated carbocycles. The highest BCUT2D eigenvalue weighted by molar-refractivity contribution is 5.03.